The van der Waals surface area contributed by atoms with Crippen LogP contribution in [-0.4, -0.2) is 10.9 Å². The van der Waals surface area contributed by atoms with Crippen LogP contribution in [0, 0.1) is 13.8 Å². The van der Waals surface area contributed by atoms with Crippen LogP contribution in [0.5, 0.6) is 0 Å². The lowest BCUT2D eigenvalue weighted by atomic mass is 10.1. The summed E-state index contributed by atoms with van der Waals surface area (Å²) < 4.78 is 6.51. The Morgan fingerprint density at radius 1 is 1.36 bits per heavy atom. The fraction of sp³-hybridized carbons (Fsp3) is 0.294. The third-order valence-electron chi connectivity index (χ3n) is 3.54. The minimum atomic E-state index is 0.0461. The summed E-state index contributed by atoms with van der Waals surface area (Å²) in [4.78, 5) is 18.7. The first kappa shape index (κ1) is 14.8. The number of furan rings is 1. The molecule has 0 saturated carbocycles. The Morgan fingerprint density at radius 3 is 2.86 bits per heavy atom. The van der Waals surface area contributed by atoms with E-state index in [9.17, 15) is 4.79 Å². The summed E-state index contributed by atoms with van der Waals surface area (Å²) in [7, 11) is 0. The second-order valence-corrected chi connectivity index (χ2v) is 6.32. The molecule has 0 aliphatic heterocycles. The van der Waals surface area contributed by atoms with Gasteiger partial charge in [0.1, 0.15) is 5.76 Å². The van der Waals surface area contributed by atoms with Gasteiger partial charge in [-0.05, 0) is 43.2 Å². The van der Waals surface area contributed by atoms with Gasteiger partial charge in [0.2, 0.25) is 5.91 Å². The predicted octanol–water partition coefficient (Wildman–Crippen LogP) is 4.45. The van der Waals surface area contributed by atoms with E-state index in [1.165, 1.54) is 11.1 Å². The molecule has 2 aromatic heterocycles. The van der Waals surface area contributed by atoms with Crippen molar-refractivity contribution in [2.45, 2.75) is 33.7 Å². The molecule has 5 heteroatoms. The van der Waals surface area contributed by atoms with Crippen LogP contribution < -0.4 is 4.90 Å². The third kappa shape index (κ3) is 2.76. The number of hydrogen-bond acceptors (Lipinski definition) is 4. The van der Waals surface area contributed by atoms with Crippen molar-refractivity contribution < 1.29 is 9.21 Å². The SMILES string of the molecule is CCC(=O)N(Cc1ccco1)c1nc2cc(C)cc(C)c2s1. The topological polar surface area (TPSA) is 46.3 Å². The number of hydrogen-bond donors (Lipinski definition) is 0. The number of benzene rings is 1. The highest BCUT2D eigenvalue weighted by Crippen LogP contribution is 2.33. The Bertz CT molecular complexity index is 806. The molecule has 0 saturated heterocycles. The molecule has 0 atom stereocenters. The summed E-state index contributed by atoms with van der Waals surface area (Å²) >= 11 is 1.56. The fourth-order valence-electron chi connectivity index (χ4n) is 2.49. The van der Waals surface area contributed by atoms with E-state index in [0.717, 1.165) is 21.1 Å². The molecule has 0 N–H and O–H groups in total. The van der Waals surface area contributed by atoms with Crippen molar-refractivity contribution in [3.05, 3.63) is 47.4 Å². The second-order valence-electron chi connectivity index (χ2n) is 5.34. The highest BCUT2D eigenvalue weighted by atomic mass is 32.1. The summed E-state index contributed by atoms with van der Waals surface area (Å²) in [6, 6.07) is 7.90. The van der Waals surface area contributed by atoms with Gasteiger partial charge in [0.05, 0.1) is 23.0 Å². The van der Waals surface area contributed by atoms with Crippen LogP contribution in [0.4, 0.5) is 5.13 Å². The van der Waals surface area contributed by atoms with E-state index in [2.05, 4.69) is 31.0 Å². The molecule has 3 rings (SSSR count). The first-order valence-electron chi connectivity index (χ1n) is 7.29. The molecular weight excluding hydrogens is 296 g/mol. The van der Waals surface area contributed by atoms with Gasteiger partial charge in [-0.2, -0.15) is 0 Å². The largest absolute Gasteiger partial charge is 0.467 e. The van der Waals surface area contributed by atoms with Crippen LogP contribution >= 0.6 is 11.3 Å². The smallest absolute Gasteiger partial charge is 0.228 e. The Hall–Kier alpha value is -2.14. The monoisotopic (exact) mass is 314 g/mol. The lowest BCUT2D eigenvalue weighted by Crippen LogP contribution is -2.29. The number of amides is 1. The average molecular weight is 314 g/mol. The van der Waals surface area contributed by atoms with Crippen molar-refractivity contribution >= 4 is 32.6 Å². The lowest BCUT2D eigenvalue weighted by molar-refractivity contribution is -0.118. The third-order valence-corrected chi connectivity index (χ3v) is 4.77. The van der Waals surface area contributed by atoms with Gasteiger partial charge in [-0.15, -0.1) is 0 Å². The van der Waals surface area contributed by atoms with E-state index in [1.54, 1.807) is 22.5 Å². The second kappa shape index (κ2) is 5.93. The molecule has 1 aromatic carbocycles. The zero-order valence-electron chi connectivity index (χ0n) is 12.9. The Morgan fingerprint density at radius 2 is 2.18 bits per heavy atom. The summed E-state index contributed by atoms with van der Waals surface area (Å²) in [5.74, 6) is 0.804. The molecule has 0 unspecified atom stereocenters. The normalized spacial score (nSPS) is 11.0. The molecule has 0 spiro atoms. The van der Waals surface area contributed by atoms with Crippen molar-refractivity contribution in [2.75, 3.05) is 4.90 Å². The Kier molecular flexibility index (Phi) is 3.98. The van der Waals surface area contributed by atoms with E-state index in [0.29, 0.717) is 13.0 Å². The summed E-state index contributed by atoms with van der Waals surface area (Å²) in [6.07, 6.45) is 2.06. The van der Waals surface area contributed by atoms with Gasteiger partial charge < -0.3 is 4.42 Å². The fourth-order valence-corrected chi connectivity index (χ4v) is 3.52. The molecule has 114 valence electrons. The number of aryl methyl sites for hydroxylation is 2. The molecule has 22 heavy (non-hydrogen) atoms. The van der Waals surface area contributed by atoms with Crippen molar-refractivity contribution in [1.29, 1.82) is 0 Å². The minimum absolute atomic E-state index is 0.0461. The maximum atomic E-state index is 12.3. The van der Waals surface area contributed by atoms with Gasteiger partial charge >= 0.3 is 0 Å². The van der Waals surface area contributed by atoms with Crippen LogP contribution in [-0.2, 0) is 11.3 Å². The number of rotatable bonds is 4. The number of carbonyl (C=O) groups is 1. The number of fused-ring (bicyclic) bond motifs is 1. The van der Waals surface area contributed by atoms with E-state index in [1.807, 2.05) is 19.1 Å². The van der Waals surface area contributed by atoms with Crippen molar-refractivity contribution in [3.63, 3.8) is 0 Å². The standard InChI is InChI=1S/C17H18N2O2S/c1-4-15(20)19(10-13-6-5-7-21-13)17-18-14-9-11(2)8-12(3)16(14)22-17/h5-9H,4,10H2,1-3H3. The number of nitrogens with zero attached hydrogens (tertiary/aromatic N) is 2. The molecule has 0 aliphatic rings. The molecule has 0 bridgehead atoms. The first-order chi connectivity index (χ1) is 10.6. The number of thiazole rings is 1. The van der Waals surface area contributed by atoms with E-state index in [-0.39, 0.29) is 5.91 Å². The van der Waals surface area contributed by atoms with Crippen molar-refractivity contribution in [3.8, 4) is 0 Å². The first-order valence-corrected chi connectivity index (χ1v) is 8.10. The zero-order valence-corrected chi connectivity index (χ0v) is 13.7. The van der Waals surface area contributed by atoms with Gasteiger partial charge in [-0.25, -0.2) is 4.98 Å². The molecule has 4 nitrogen and oxygen atoms in total. The number of carbonyl (C=O) groups excluding carboxylic acids is 1. The maximum Gasteiger partial charge on any atom is 0.228 e. The van der Waals surface area contributed by atoms with Crippen molar-refractivity contribution in [1.82, 2.24) is 4.98 Å². The van der Waals surface area contributed by atoms with Crippen LogP contribution in [0.15, 0.2) is 34.9 Å². The van der Waals surface area contributed by atoms with E-state index in [4.69, 9.17) is 4.42 Å². The molecule has 0 radical (unpaired) electrons. The zero-order chi connectivity index (χ0) is 15.7. The minimum Gasteiger partial charge on any atom is -0.467 e. The Labute approximate surface area is 133 Å². The van der Waals surface area contributed by atoms with Gasteiger partial charge in [0.25, 0.3) is 0 Å². The quantitative estimate of drug-likeness (QED) is 0.714. The van der Waals surface area contributed by atoms with Gasteiger partial charge in [0, 0.05) is 6.42 Å². The molecule has 2 heterocycles. The Balaban J connectivity index is 2.03. The highest BCUT2D eigenvalue weighted by molar-refractivity contribution is 7.22. The van der Waals surface area contributed by atoms with Crippen LogP contribution in [0.2, 0.25) is 0 Å². The molecule has 0 fully saturated rings. The van der Waals surface area contributed by atoms with Gasteiger partial charge in [0.15, 0.2) is 5.13 Å². The van der Waals surface area contributed by atoms with Crippen LogP contribution in [0.25, 0.3) is 10.2 Å². The number of anilines is 1. The van der Waals surface area contributed by atoms with Gasteiger partial charge in [-0.1, -0.05) is 24.3 Å². The average Bonchev–Trinajstić information content (AvgIpc) is 3.12. The van der Waals surface area contributed by atoms with Crippen LogP contribution in [0.3, 0.4) is 0 Å². The molecular formula is C17H18N2O2S. The highest BCUT2D eigenvalue weighted by Gasteiger charge is 2.20. The van der Waals surface area contributed by atoms with Crippen molar-refractivity contribution in [2.24, 2.45) is 0 Å². The maximum absolute atomic E-state index is 12.3. The summed E-state index contributed by atoms with van der Waals surface area (Å²) in [5.41, 5.74) is 3.33. The summed E-state index contributed by atoms with van der Waals surface area (Å²) in [5, 5.41) is 0.729. The lowest BCUT2D eigenvalue weighted by Gasteiger charge is -2.17. The predicted molar refractivity (Wildman–Crippen MR) is 89.3 cm³/mol. The van der Waals surface area contributed by atoms with Crippen LogP contribution in [0.1, 0.15) is 30.2 Å². The van der Waals surface area contributed by atoms with Gasteiger partial charge in [-0.3, -0.25) is 9.69 Å². The number of aromatic nitrogens is 1. The molecule has 1 amide bonds. The van der Waals surface area contributed by atoms with E-state index >= 15 is 0 Å². The molecule has 0 aliphatic carbocycles. The summed E-state index contributed by atoms with van der Waals surface area (Å²) in [6.45, 7) is 6.41. The molecule has 3 aromatic rings. The van der Waals surface area contributed by atoms with E-state index < -0.39 is 0 Å².